The van der Waals surface area contributed by atoms with Crippen molar-refractivity contribution >= 4 is 5.91 Å². The molecule has 1 saturated heterocycles. The fraction of sp³-hybridized carbons (Fsp3) is 0.632. The summed E-state index contributed by atoms with van der Waals surface area (Å²) in [4.78, 5) is 14.0. The lowest BCUT2D eigenvalue weighted by molar-refractivity contribution is -0.143. The van der Waals surface area contributed by atoms with Crippen LogP contribution in [0, 0.1) is 0 Å². The molecule has 6 nitrogen and oxygen atoms in total. The van der Waals surface area contributed by atoms with Gasteiger partial charge in [0.05, 0.1) is 26.4 Å². The number of benzene rings is 1. The number of carbonyl (C=O) groups is 1. The smallest absolute Gasteiger partial charge is 0.401 e. The summed E-state index contributed by atoms with van der Waals surface area (Å²) in [5.41, 5.74) is 0.310. The quantitative estimate of drug-likeness (QED) is 0.685. The molecule has 0 aliphatic carbocycles. The van der Waals surface area contributed by atoms with Gasteiger partial charge in [0.2, 0.25) is 5.75 Å². The molecule has 1 fully saturated rings. The topological polar surface area (TPSA) is 60.0 Å². The van der Waals surface area contributed by atoms with Crippen LogP contribution in [0.25, 0.3) is 0 Å². The minimum atomic E-state index is -4.24. The van der Waals surface area contributed by atoms with E-state index in [0.29, 0.717) is 55.6 Å². The Morgan fingerprint density at radius 3 is 2.18 bits per heavy atom. The summed E-state index contributed by atoms with van der Waals surface area (Å²) in [6, 6.07) is 2.79. The van der Waals surface area contributed by atoms with Gasteiger partial charge in [0, 0.05) is 24.7 Å². The molecule has 1 aliphatic heterocycles. The van der Waals surface area contributed by atoms with E-state index in [0.717, 1.165) is 0 Å². The summed E-state index contributed by atoms with van der Waals surface area (Å²) >= 11 is 0. The van der Waals surface area contributed by atoms with E-state index < -0.39 is 12.7 Å². The molecule has 1 aromatic rings. The van der Waals surface area contributed by atoms with Crippen molar-refractivity contribution < 1.29 is 32.2 Å². The molecule has 1 N–H and O–H groups in total. The van der Waals surface area contributed by atoms with Crippen LogP contribution in [0.1, 0.15) is 37.6 Å². The van der Waals surface area contributed by atoms with Gasteiger partial charge in [0.25, 0.3) is 5.91 Å². The zero-order valence-corrected chi connectivity index (χ0v) is 16.4. The normalized spacial score (nSPS) is 17.4. The molecule has 1 unspecified atom stereocenters. The molecule has 2 rings (SSSR count). The lowest BCUT2D eigenvalue weighted by atomic mass is 10.1. The van der Waals surface area contributed by atoms with Crippen LogP contribution in [0.15, 0.2) is 12.1 Å². The Bertz CT molecular complexity index is 640. The molecule has 28 heavy (non-hydrogen) atoms. The van der Waals surface area contributed by atoms with Crippen molar-refractivity contribution in [1.29, 1.82) is 0 Å². The van der Waals surface area contributed by atoms with Gasteiger partial charge >= 0.3 is 6.18 Å². The molecule has 1 heterocycles. The number of carbonyl (C=O) groups excluding carboxylic acids is 1. The van der Waals surface area contributed by atoms with Crippen molar-refractivity contribution in [3.63, 3.8) is 0 Å². The summed E-state index contributed by atoms with van der Waals surface area (Å²) in [6.45, 7) is 6.12. The van der Waals surface area contributed by atoms with Gasteiger partial charge < -0.3 is 19.5 Å². The van der Waals surface area contributed by atoms with Crippen molar-refractivity contribution in [2.45, 2.75) is 39.4 Å². The minimum Gasteiger partial charge on any atom is -0.490 e. The first-order chi connectivity index (χ1) is 13.3. The average molecular weight is 404 g/mol. The Balaban J connectivity index is 2.14. The number of amides is 1. The molecular weight excluding hydrogens is 377 g/mol. The van der Waals surface area contributed by atoms with Crippen LogP contribution < -0.4 is 19.5 Å². The van der Waals surface area contributed by atoms with Crippen LogP contribution in [0.2, 0.25) is 0 Å². The fourth-order valence-electron chi connectivity index (χ4n) is 3.14. The van der Waals surface area contributed by atoms with E-state index in [4.69, 9.17) is 14.2 Å². The molecule has 1 aliphatic rings. The highest BCUT2D eigenvalue weighted by molar-refractivity contribution is 5.95. The largest absolute Gasteiger partial charge is 0.490 e. The number of ether oxygens (including phenoxy) is 3. The van der Waals surface area contributed by atoms with E-state index in [1.54, 1.807) is 12.1 Å². The zero-order chi connectivity index (χ0) is 20.7. The second-order valence-electron chi connectivity index (χ2n) is 6.41. The van der Waals surface area contributed by atoms with Gasteiger partial charge in [-0.2, -0.15) is 13.2 Å². The first-order valence-corrected chi connectivity index (χ1v) is 9.43. The summed E-state index contributed by atoms with van der Waals surface area (Å²) in [5, 5.41) is 2.80. The SMILES string of the molecule is CCOc1cc(C(=O)NC2CCN(CC(F)(F)F)C2)cc(OCC)c1OCC. The summed E-state index contributed by atoms with van der Waals surface area (Å²) in [6.07, 6.45) is -3.78. The fourth-order valence-corrected chi connectivity index (χ4v) is 3.14. The number of alkyl halides is 3. The van der Waals surface area contributed by atoms with E-state index >= 15 is 0 Å². The second kappa shape index (κ2) is 9.86. The van der Waals surface area contributed by atoms with Crippen molar-refractivity contribution in [2.75, 3.05) is 39.5 Å². The maximum atomic E-state index is 12.7. The third-order valence-electron chi connectivity index (χ3n) is 4.18. The number of hydrogen-bond donors (Lipinski definition) is 1. The zero-order valence-electron chi connectivity index (χ0n) is 16.4. The molecule has 158 valence electrons. The third kappa shape index (κ3) is 6.19. The van der Waals surface area contributed by atoms with Crippen LogP contribution in [0.5, 0.6) is 17.2 Å². The summed E-state index contributed by atoms with van der Waals surface area (Å²) in [5.74, 6) is 0.833. The van der Waals surface area contributed by atoms with Gasteiger partial charge in [-0.15, -0.1) is 0 Å². The monoisotopic (exact) mass is 404 g/mol. The molecule has 0 saturated carbocycles. The first-order valence-electron chi connectivity index (χ1n) is 9.43. The maximum Gasteiger partial charge on any atom is 0.401 e. The maximum absolute atomic E-state index is 12.7. The molecule has 1 amide bonds. The van der Waals surface area contributed by atoms with Crippen molar-refractivity contribution in [3.05, 3.63) is 17.7 Å². The number of nitrogens with zero attached hydrogens (tertiary/aromatic N) is 1. The molecule has 0 bridgehead atoms. The standard InChI is InChI=1S/C19H27F3N2O4/c1-4-26-15-9-13(10-16(27-5-2)17(15)28-6-3)18(25)23-14-7-8-24(11-14)12-19(20,21)22/h9-10,14H,4-8,11-12H2,1-3H3,(H,23,25). The molecule has 1 atom stereocenters. The van der Waals surface area contributed by atoms with E-state index in [1.807, 2.05) is 20.8 Å². The summed E-state index contributed by atoms with van der Waals surface area (Å²) in [7, 11) is 0. The lowest BCUT2D eigenvalue weighted by Crippen LogP contribution is -2.39. The highest BCUT2D eigenvalue weighted by atomic mass is 19.4. The summed E-state index contributed by atoms with van der Waals surface area (Å²) < 4.78 is 54.4. The van der Waals surface area contributed by atoms with Crippen LogP contribution in [0.4, 0.5) is 13.2 Å². The number of halogens is 3. The van der Waals surface area contributed by atoms with Crippen LogP contribution in [-0.4, -0.2) is 62.5 Å². The van der Waals surface area contributed by atoms with E-state index in [9.17, 15) is 18.0 Å². The Kier molecular flexibility index (Phi) is 7.79. The van der Waals surface area contributed by atoms with Gasteiger partial charge in [-0.05, 0) is 39.3 Å². The lowest BCUT2D eigenvalue weighted by Gasteiger charge is -2.19. The van der Waals surface area contributed by atoms with E-state index in [1.165, 1.54) is 4.90 Å². The Morgan fingerprint density at radius 2 is 1.68 bits per heavy atom. The highest BCUT2D eigenvalue weighted by Crippen LogP contribution is 2.39. The number of rotatable bonds is 9. The van der Waals surface area contributed by atoms with Gasteiger partial charge in [-0.1, -0.05) is 0 Å². The predicted molar refractivity (Wildman–Crippen MR) is 98.3 cm³/mol. The van der Waals surface area contributed by atoms with Crippen LogP contribution in [0.3, 0.4) is 0 Å². The van der Waals surface area contributed by atoms with Crippen LogP contribution in [-0.2, 0) is 0 Å². The van der Waals surface area contributed by atoms with Gasteiger partial charge in [-0.25, -0.2) is 0 Å². The van der Waals surface area contributed by atoms with Gasteiger partial charge in [0.15, 0.2) is 11.5 Å². The molecule has 0 radical (unpaired) electrons. The third-order valence-corrected chi connectivity index (χ3v) is 4.18. The van der Waals surface area contributed by atoms with Crippen molar-refractivity contribution in [3.8, 4) is 17.2 Å². The minimum absolute atomic E-state index is 0.166. The predicted octanol–water partition coefficient (Wildman–Crippen LogP) is 3.25. The van der Waals surface area contributed by atoms with Gasteiger partial charge in [-0.3, -0.25) is 9.69 Å². The molecule has 0 aromatic heterocycles. The second-order valence-corrected chi connectivity index (χ2v) is 6.41. The molecular formula is C19H27F3N2O4. The van der Waals surface area contributed by atoms with E-state index in [-0.39, 0.29) is 18.5 Å². The van der Waals surface area contributed by atoms with Crippen molar-refractivity contribution in [2.24, 2.45) is 0 Å². The molecule has 9 heteroatoms. The number of hydrogen-bond acceptors (Lipinski definition) is 5. The Morgan fingerprint density at radius 1 is 1.11 bits per heavy atom. The number of likely N-dealkylation sites (tertiary alicyclic amines) is 1. The molecule has 1 aromatic carbocycles. The average Bonchev–Trinajstić information content (AvgIpc) is 3.02. The Hall–Kier alpha value is -2.16. The number of nitrogens with one attached hydrogen (secondary N) is 1. The first kappa shape index (κ1) is 22.1. The van der Waals surface area contributed by atoms with Crippen molar-refractivity contribution in [1.82, 2.24) is 10.2 Å². The van der Waals surface area contributed by atoms with E-state index in [2.05, 4.69) is 5.32 Å². The molecule has 0 spiro atoms. The van der Waals surface area contributed by atoms with Gasteiger partial charge in [0.1, 0.15) is 0 Å². The highest BCUT2D eigenvalue weighted by Gasteiger charge is 2.34. The Labute approximate surface area is 162 Å². The van der Waals surface area contributed by atoms with Crippen LogP contribution >= 0.6 is 0 Å².